The molecule has 0 bridgehead atoms. The Labute approximate surface area is 168 Å². The van der Waals surface area contributed by atoms with E-state index in [-0.39, 0.29) is 0 Å². The van der Waals surface area contributed by atoms with E-state index in [1.165, 1.54) is 32.1 Å². The van der Waals surface area contributed by atoms with Crippen LogP contribution < -0.4 is 5.32 Å². The standard InChI is InChI=1S/C14H15N5.C8H17N/c1-3-19-13-11(9-16-14(15-2)17-13)12(18-19)10-7-5-4-6-8-10;1-9(2)8-6-4-3-5-7-8/h4-9H,3H2,1-2H3,(H,15,16,17);8H,3-7H2,1-2H3. The predicted octanol–water partition coefficient (Wildman–Crippen LogP) is 4.44. The highest BCUT2D eigenvalue weighted by molar-refractivity contribution is 5.91. The average molecular weight is 381 g/mol. The van der Waals surface area contributed by atoms with Gasteiger partial charge in [0.15, 0.2) is 5.65 Å². The second kappa shape index (κ2) is 9.64. The molecule has 6 heteroatoms. The number of fused-ring (bicyclic) bond motifs is 1. The van der Waals surface area contributed by atoms with Crippen molar-refractivity contribution >= 4 is 17.0 Å². The summed E-state index contributed by atoms with van der Waals surface area (Å²) >= 11 is 0. The maximum Gasteiger partial charge on any atom is 0.224 e. The number of aryl methyl sites for hydroxylation is 1. The number of aromatic nitrogens is 4. The van der Waals surface area contributed by atoms with Gasteiger partial charge in [0.05, 0.1) is 5.39 Å². The largest absolute Gasteiger partial charge is 0.357 e. The van der Waals surface area contributed by atoms with Gasteiger partial charge in [-0.2, -0.15) is 10.1 Å². The van der Waals surface area contributed by atoms with Crippen molar-refractivity contribution in [2.75, 3.05) is 26.5 Å². The predicted molar refractivity (Wildman–Crippen MR) is 117 cm³/mol. The first-order valence-corrected chi connectivity index (χ1v) is 10.3. The van der Waals surface area contributed by atoms with Crippen LogP contribution in [0.1, 0.15) is 39.0 Å². The maximum absolute atomic E-state index is 4.64. The third kappa shape index (κ3) is 4.68. The van der Waals surface area contributed by atoms with E-state index >= 15 is 0 Å². The molecule has 0 atom stereocenters. The van der Waals surface area contributed by atoms with Gasteiger partial charge in [-0.05, 0) is 33.9 Å². The van der Waals surface area contributed by atoms with Crippen LogP contribution in [0.15, 0.2) is 36.5 Å². The van der Waals surface area contributed by atoms with E-state index in [2.05, 4.69) is 46.3 Å². The molecule has 1 saturated carbocycles. The number of rotatable bonds is 4. The fraction of sp³-hybridized carbons (Fsp3) is 0.500. The monoisotopic (exact) mass is 380 g/mol. The lowest BCUT2D eigenvalue weighted by molar-refractivity contribution is 0.229. The number of hydrogen-bond donors (Lipinski definition) is 1. The smallest absolute Gasteiger partial charge is 0.224 e. The minimum Gasteiger partial charge on any atom is -0.357 e. The van der Waals surface area contributed by atoms with Crippen molar-refractivity contribution < 1.29 is 0 Å². The molecule has 4 rings (SSSR count). The molecule has 1 N–H and O–H groups in total. The molecule has 150 valence electrons. The average Bonchev–Trinajstić information content (AvgIpc) is 3.13. The minimum absolute atomic E-state index is 0.613. The zero-order chi connectivity index (χ0) is 19.9. The summed E-state index contributed by atoms with van der Waals surface area (Å²) in [4.78, 5) is 11.1. The first kappa shape index (κ1) is 20.3. The number of nitrogens with zero attached hydrogens (tertiary/aromatic N) is 5. The van der Waals surface area contributed by atoms with E-state index in [9.17, 15) is 0 Å². The highest BCUT2D eigenvalue weighted by Crippen LogP contribution is 2.26. The summed E-state index contributed by atoms with van der Waals surface area (Å²) in [7, 11) is 6.19. The van der Waals surface area contributed by atoms with Crippen LogP contribution in [0.5, 0.6) is 0 Å². The van der Waals surface area contributed by atoms with Crippen molar-refractivity contribution in [2.24, 2.45) is 0 Å². The topological polar surface area (TPSA) is 58.9 Å². The lowest BCUT2D eigenvalue weighted by Gasteiger charge is -2.27. The first-order chi connectivity index (χ1) is 13.6. The maximum atomic E-state index is 4.64. The van der Waals surface area contributed by atoms with Gasteiger partial charge < -0.3 is 10.2 Å². The van der Waals surface area contributed by atoms with Gasteiger partial charge in [0.2, 0.25) is 5.95 Å². The molecule has 6 nitrogen and oxygen atoms in total. The van der Waals surface area contributed by atoms with Gasteiger partial charge in [-0.3, -0.25) is 0 Å². The van der Waals surface area contributed by atoms with E-state index in [4.69, 9.17) is 0 Å². The van der Waals surface area contributed by atoms with Gasteiger partial charge in [-0.1, -0.05) is 49.6 Å². The summed E-state index contributed by atoms with van der Waals surface area (Å²) in [6.07, 6.45) is 9.03. The van der Waals surface area contributed by atoms with Crippen LogP contribution in [0.25, 0.3) is 22.3 Å². The molecule has 1 aromatic carbocycles. The highest BCUT2D eigenvalue weighted by Gasteiger charge is 2.14. The SMILES string of the molecule is CCn1nc(-c2ccccc2)c2cnc(NC)nc21.CN(C)C1CCCCC1. The van der Waals surface area contributed by atoms with Crippen LogP contribution >= 0.6 is 0 Å². The second-order valence-electron chi connectivity index (χ2n) is 7.47. The molecule has 0 amide bonds. The molecule has 0 radical (unpaired) electrons. The summed E-state index contributed by atoms with van der Waals surface area (Å²) in [5.74, 6) is 0.613. The normalized spacial score (nSPS) is 14.8. The number of nitrogens with one attached hydrogen (secondary N) is 1. The van der Waals surface area contributed by atoms with E-state index in [1.54, 1.807) is 0 Å². The third-order valence-electron chi connectivity index (χ3n) is 5.36. The highest BCUT2D eigenvalue weighted by atomic mass is 15.3. The van der Waals surface area contributed by atoms with Gasteiger partial charge in [0, 0.05) is 31.4 Å². The zero-order valence-electron chi connectivity index (χ0n) is 17.5. The quantitative estimate of drug-likeness (QED) is 0.725. The van der Waals surface area contributed by atoms with Crippen LogP contribution in [-0.2, 0) is 6.54 Å². The van der Waals surface area contributed by atoms with Gasteiger partial charge in [-0.25, -0.2) is 9.67 Å². The summed E-state index contributed by atoms with van der Waals surface area (Å²) in [6.45, 7) is 2.84. The molecule has 2 heterocycles. The minimum atomic E-state index is 0.613. The van der Waals surface area contributed by atoms with Gasteiger partial charge >= 0.3 is 0 Å². The fourth-order valence-corrected chi connectivity index (χ4v) is 3.71. The van der Waals surface area contributed by atoms with Crippen LogP contribution in [0.2, 0.25) is 0 Å². The molecule has 2 aromatic heterocycles. The van der Waals surface area contributed by atoms with Gasteiger partial charge in [-0.15, -0.1) is 0 Å². The second-order valence-corrected chi connectivity index (χ2v) is 7.47. The molecule has 28 heavy (non-hydrogen) atoms. The summed E-state index contributed by atoms with van der Waals surface area (Å²) in [5, 5.41) is 8.57. The van der Waals surface area contributed by atoms with Crippen LogP contribution in [-0.4, -0.2) is 51.8 Å². The van der Waals surface area contributed by atoms with E-state index in [0.717, 1.165) is 34.9 Å². The van der Waals surface area contributed by atoms with Crippen LogP contribution in [0.3, 0.4) is 0 Å². The molecule has 0 spiro atoms. The van der Waals surface area contributed by atoms with Crippen molar-refractivity contribution in [1.82, 2.24) is 24.6 Å². The summed E-state index contributed by atoms with van der Waals surface area (Å²) in [6, 6.07) is 11.0. The number of hydrogen-bond acceptors (Lipinski definition) is 5. The van der Waals surface area contributed by atoms with Gasteiger partial charge in [0.25, 0.3) is 0 Å². The zero-order valence-corrected chi connectivity index (χ0v) is 17.5. The van der Waals surface area contributed by atoms with E-state index < -0.39 is 0 Å². The Balaban J connectivity index is 0.000000211. The Morgan fingerprint density at radius 2 is 1.82 bits per heavy atom. The van der Waals surface area contributed by atoms with E-state index in [0.29, 0.717) is 5.95 Å². The molecule has 1 aliphatic rings. The number of anilines is 1. The molecule has 3 aromatic rings. The molecule has 0 unspecified atom stereocenters. The molecule has 0 saturated heterocycles. The Hall–Kier alpha value is -2.47. The van der Waals surface area contributed by atoms with E-state index in [1.807, 2.05) is 48.3 Å². The fourth-order valence-electron chi connectivity index (χ4n) is 3.71. The Bertz CT molecular complexity index is 865. The Morgan fingerprint density at radius 1 is 1.11 bits per heavy atom. The van der Waals surface area contributed by atoms with Crippen molar-refractivity contribution in [2.45, 2.75) is 51.6 Å². The molecule has 0 aliphatic heterocycles. The van der Waals surface area contributed by atoms with Crippen molar-refractivity contribution in [1.29, 1.82) is 0 Å². The van der Waals surface area contributed by atoms with Crippen molar-refractivity contribution in [3.05, 3.63) is 36.5 Å². The molecule has 1 fully saturated rings. The summed E-state index contributed by atoms with van der Waals surface area (Å²) in [5.41, 5.74) is 2.88. The summed E-state index contributed by atoms with van der Waals surface area (Å²) < 4.78 is 1.90. The first-order valence-electron chi connectivity index (χ1n) is 10.3. The Morgan fingerprint density at radius 3 is 2.39 bits per heavy atom. The van der Waals surface area contributed by atoms with Crippen LogP contribution in [0.4, 0.5) is 5.95 Å². The molecular weight excluding hydrogens is 348 g/mol. The lowest BCUT2D eigenvalue weighted by atomic mass is 9.95. The molecular formula is C22H32N6. The van der Waals surface area contributed by atoms with Gasteiger partial charge in [0.1, 0.15) is 5.69 Å². The lowest BCUT2D eigenvalue weighted by Crippen LogP contribution is -2.29. The van der Waals surface area contributed by atoms with Crippen molar-refractivity contribution in [3.63, 3.8) is 0 Å². The third-order valence-corrected chi connectivity index (χ3v) is 5.36. The molecule has 1 aliphatic carbocycles. The number of benzene rings is 1. The Kier molecular flexibility index (Phi) is 6.98. The van der Waals surface area contributed by atoms with Crippen LogP contribution in [0, 0.1) is 0 Å². The van der Waals surface area contributed by atoms with Crippen molar-refractivity contribution in [3.8, 4) is 11.3 Å².